The first-order chi connectivity index (χ1) is 13.5. The van der Waals surface area contributed by atoms with Gasteiger partial charge in [0.2, 0.25) is 5.91 Å². The lowest BCUT2D eigenvalue weighted by molar-refractivity contribution is -0.139. The highest BCUT2D eigenvalue weighted by Crippen LogP contribution is 2.39. The number of carbonyl (C=O) groups excluding carboxylic acids is 2. The maximum atomic E-state index is 13.1. The summed E-state index contributed by atoms with van der Waals surface area (Å²) in [5.41, 5.74) is 1.74. The molecule has 2 saturated heterocycles. The highest BCUT2D eigenvalue weighted by Gasteiger charge is 2.43. The Morgan fingerprint density at radius 1 is 1.21 bits per heavy atom. The Bertz CT molecular complexity index is 876. The van der Waals surface area contributed by atoms with E-state index in [1.807, 2.05) is 41.8 Å². The van der Waals surface area contributed by atoms with E-state index in [0.717, 1.165) is 37.1 Å². The normalized spacial score (nSPS) is 22.7. The van der Waals surface area contributed by atoms with Gasteiger partial charge in [-0.05, 0) is 56.9 Å². The van der Waals surface area contributed by atoms with Gasteiger partial charge in [-0.15, -0.1) is 0 Å². The summed E-state index contributed by atoms with van der Waals surface area (Å²) in [4.78, 5) is 33.6. The highest BCUT2D eigenvalue weighted by atomic mass is 16.3. The summed E-state index contributed by atoms with van der Waals surface area (Å²) in [5.74, 6) is 1.69. The number of aromatic nitrogens is 1. The molecule has 1 atom stereocenters. The average molecular weight is 381 g/mol. The zero-order valence-electron chi connectivity index (χ0n) is 16.6. The predicted octanol–water partition coefficient (Wildman–Crippen LogP) is 3.34. The van der Waals surface area contributed by atoms with Crippen molar-refractivity contribution in [1.82, 2.24) is 14.8 Å². The number of rotatable bonds is 3. The topological polar surface area (TPSA) is 66.7 Å². The van der Waals surface area contributed by atoms with Crippen LogP contribution in [0.2, 0.25) is 0 Å². The minimum atomic E-state index is -0.0124. The van der Waals surface area contributed by atoms with Crippen LogP contribution in [-0.4, -0.2) is 46.2 Å². The van der Waals surface area contributed by atoms with Crippen LogP contribution in [0.15, 0.2) is 35.0 Å². The number of nitrogens with zero attached hydrogens (tertiary/aromatic N) is 3. The molecule has 2 aromatic heterocycles. The van der Waals surface area contributed by atoms with Crippen molar-refractivity contribution >= 4 is 11.8 Å². The second-order valence-electron chi connectivity index (χ2n) is 8.26. The number of amides is 2. The van der Waals surface area contributed by atoms with Crippen molar-refractivity contribution in [2.24, 2.45) is 5.41 Å². The molecule has 2 aromatic rings. The van der Waals surface area contributed by atoms with Crippen LogP contribution in [0, 0.1) is 19.3 Å². The number of aryl methyl sites for hydroxylation is 2. The fraction of sp³-hybridized carbons (Fsp3) is 0.500. The Kier molecular flexibility index (Phi) is 4.96. The molecule has 4 heterocycles. The highest BCUT2D eigenvalue weighted by molar-refractivity contribution is 5.95. The van der Waals surface area contributed by atoms with Gasteiger partial charge in [-0.25, -0.2) is 0 Å². The van der Waals surface area contributed by atoms with Crippen LogP contribution < -0.4 is 0 Å². The monoisotopic (exact) mass is 381 g/mol. The van der Waals surface area contributed by atoms with Crippen molar-refractivity contribution in [1.29, 1.82) is 0 Å². The number of furan rings is 1. The molecule has 0 unspecified atom stereocenters. The van der Waals surface area contributed by atoms with Crippen LogP contribution in [0.1, 0.15) is 53.1 Å². The van der Waals surface area contributed by atoms with E-state index in [4.69, 9.17) is 4.42 Å². The molecule has 2 fully saturated rings. The second-order valence-corrected chi connectivity index (χ2v) is 8.26. The van der Waals surface area contributed by atoms with E-state index < -0.39 is 0 Å². The lowest BCUT2D eigenvalue weighted by Gasteiger charge is -2.48. The molecule has 2 amide bonds. The van der Waals surface area contributed by atoms with Crippen LogP contribution in [0.25, 0.3) is 0 Å². The molecule has 0 radical (unpaired) electrons. The van der Waals surface area contributed by atoms with Gasteiger partial charge < -0.3 is 14.2 Å². The van der Waals surface area contributed by atoms with Crippen molar-refractivity contribution in [3.8, 4) is 0 Å². The van der Waals surface area contributed by atoms with Gasteiger partial charge in [0, 0.05) is 50.4 Å². The molecule has 0 aromatic carbocycles. The van der Waals surface area contributed by atoms with E-state index in [-0.39, 0.29) is 17.2 Å². The van der Waals surface area contributed by atoms with E-state index in [0.29, 0.717) is 37.4 Å². The summed E-state index contributed by atoms with van der Waals surface area (Å²) in [6.45, 7) is 6.50. The number of pyridine rings is 1. The van der Waals surface area contributed by atoms with Crippen LogP contribution in [-0.2, 0) is 11.3 Å². The van der Waals surface area contributed by atoms with Gasteiger partial charge in [0.25, 0.3) is 5.91 Å². The number of likely N-dealkylation sites (tertiary alicyclic amines) is 2. The zero-order valence-corrected chi connectivity index (χ0v) is 16.6. The molecule has 0 N–H and O–H groups in total. The summed E-state index contributed by atoms with van der Waals surface area (Å²) < 4.78 is 5.56. The minimum absolute atomic E-state index is 0.0124. The van der Waals surface area contributed by atoms with Gasteiger partial charge >= 0.3 is 0 Å². The minimum Gasteiger partial charge on any atom is -0.466 e. The van der Waals surface area contributed by atoms with Crippen LogP contribution in [0.5, 0.6) is 0 Å². The van der Waals surface area contributed by atoms with Gasteiger partial charge in [-0.2, -0.15) is 0 Å². The molecule has 2 aliphatic heterocycles. The Hall–Kier alpha value is -2.63. The number of piperidine rings is 2. The van der Waals surface area contributed by atoms with Crippen molar-refractivity contribution < 1.29 is 14.0 Å². The van der Waals surface area contributed by atoms with Crippen LogP contribution in [0.3, 0.4) is 0 Å². The van der Waals surface area contributed by atoms with Crippen molar-refractivity contribution in [2.75, 3.05) is 19.6 Å². The SMILES string of the molecule is Cc1cc(C(=O)N2CCC[C@]3(CCC(=O)N(Cc4ccncc4)C3)C2)c(C)o1. The summed E-state index contributed by atoms with van der Waals surface area (Å²) in [7, 11) is 0. The molecule has 148 valence electrons. The average Bonchev–Trinajstić information content (AvgIpc) is 3.03. The van der Waals surface area contributed by atoms with Gasteiger partial charge in [-0.1, -0.05) is 0 Å². The third-order valence-corrected chi connectivity index (χ3v) is 6.09. The van der Waals surface area contributed by atoms with Crippen LogP contribution in [0.4, 0.5) is 0 Å². The molecule has 0 bridgehead atoms. The molecule has 1 spiro atoms. The summed E-state index contributed by atoms with van der Waals surface area (Å²) >= 11 is 0. The molecular weight excluding hydrogens is 354 g/mol. The van der Waals surface area contributed by atoms with E-state index in [2.05, 4.69) is 4.98 Å². The third kappa shape index (κ3) is 3.68. The Morgan fingerprint density at radius 2 is 2.00 bits per heavy atom. The Balaban J connectivity index is 1.50. The smallest absolute Gasteiger partial charge is 0.257 e. The Morgan fingerprint density at radius 3 is 2.71 bits per heavy atom. The zero-order chi connectivity index (χ0) is 19.7. The number of carbonyl (C=O) groups is 2. The van der Waals surface area contributed by atoms with Crippen molar-refractivity contribution in [2.45, 2.75) is 46.1 Å². The molecule has 0 aliphatic carbocycles. The van der Waals surface area contributed by atoms with Crippen molar-refractivity contribution in [3.63, 3.8) is 0 Å². The maximum absolute atomic E-state index is 13.1. The third-order valence-electron chi connectivity index (χ3n) is 6.09. The molecule has 2 aliphatic rings. The first kappa shape index (κ1) is 18.7. The number of hydrogen-bond acceptors (Lipinski definition) is 4. The van der Waals surface area contributed by atoms with E-state index in [1.54, 1.807) is 12.4 Å². The first-order valence-electron chi connectivity index (χ1n) is 9.99. The summed E-state index contributed by atoms with van der Waals surface area (Å²) in [5, 5.41) is 0. The van der Waals surface area contributed by atoms with E-state index in [1.165, 1.54) is 0 Å². The van der Waals surface area contributed by atoms with E-state index >= 15 is 0 Å². The maximum Gasteiger partial charge on any atom is 0.257 e. The molecule has 0 saturated carbocycles. The lowest BCUT2D eigenvalue weighted by atomic mass is 9.73. The molecular formula is C22H27N3O3. The predicted molar refractivity (Wildman–Crippen MR) is 105 cm³/mol. The van der Waals surface area contributed by atoms with Gasteiger partial charge in [0.15, 0.2) is 0 Å². The largest absolute Gasteiger partial charge is 0.466 e. The van der Waals surface area contributed by atoms with Crippen LogP contribution >= 0.6 is 0 Å². The standard InChI is InChI=1S/C22H27N3O3/c1-16-12-19(17(2)28-16)21(27)24-11-3-7-22(14-24)8-4-20(26)25(15-22)13-18-5-9-23-10-6-18/h5-6,9-10,12H,3-4,7-8,11,13-15H2,1-2H3/t22-/m0/s1. The van der Waals surface area contributed by atoms with Crippen molar-refractivity contribution in [3.05, 3.63) is 53.2 Å². The Labute approximate surface area is 165 Å². The van der Waals surface area contributed by atoms with Gasteiger partial charge in [0.05, 0.1) is 5.56 Å². The van der Waals surface area contributed by atoms with Gasteiger partial charge in [-0.3, -0.25) is 14.6 Å². The second kappa shape index (κ2) is 7.41. The lowest BCUT2D eigenvalue weighted by Crippen LogP contribution is -2.54. The first-order valence-corrected chi connectivity index (χ1v) is 9.99. The molecule has 6 nitrogen and oxygen atoms in total. The molecule has 4 rings (SSSR count). The molecule has 28 heavy (non-hydrogen) atoms. The van der Waals surface area contributed by atoms with E-state index in [9.17, 15) is 9.59 Å². The summed E-state index contributed by atoms with van der Waals surface area (Å²) in [6.07, 6.45) is 6.95. The number of hydrogen-bond donors (Lipinski definition) is 0. The fourth-order valence-electron chi connectivity index (χ4n) is 4.68. The quantitative estimate of drug-likeness (QED) is 0.818. The summed E-state index contributed by atoms with van der Waals surface area (Å²) in [6, 6.07) is 5.74. The van der Waals surface area contributed by atoms with Gasteiger partial charge in [0.1, 0.15) is 11.5 Å². The fourth-order valence-corrected chi connectivity index (χ4v) is 4.68. The molecule has 6 heteroatoms.